The van der Waals surface area contributed by atoms with Crippen molar-refractivity contribution in [1.82, 2.24) is 0 Å². The van der Waals surface area contributed by atoms with E-state index in [0.717, 1.165) is 11.8 Å². The van der Waals surface area contributed by atoms with Crippen molar-refractivity contribution < 1.29 is 14.4 Å². The Balaban J connectivity index is 2.48. The Morgan fingerprint density at radius 2 is 2.25 bits per heavy atom. The quantitative estimate of drug-likeness (QED) is 0.603. The second kappa shape index (κ2) is 3.85. The Bertz CT molecular complexity index is 234. The van der Waals surface area contributed by atoms with E-state index in [1.165, 1.54) is 0 Å². The zero-order valence-electron chi connectivity index (χ0n) is 6.83. The molecule has 66 valence electrons. The van der Waals surface area contributed by atoms with Gasteiger partial charge in [0, 0.05) is 12.8 Å². The minimum Gasteiger partial charge on any atom is -0.299 e. The Hall–Kier alpha value is -0.640. The van der Waals surface area contributed by atoms with Crippen LogP contribution in [-0.4, -0.2) is 21.9 Å². The lowest BCUT2D eigenvalue weighted by Crippen LogP contribution is -2.10. The smallest absolute Gasteiger partial charge is 0.189 e. The fourth-order valence-electron chi connectivity index (χ4n) is 1.05. The monoisotopic (exact) mass is 186 g/mol. The van der Waals surface area contributed by atoms with Gasteiger partial charge in [0.2, 0.25) is 0 Å². The summed E-state index contributed by atoms with van der Waals surface area (Å²) in [7, 11) is 0. The molecule has 1 fully saturated rings. The average Bonchev–Trinajstić information content (AvgIpc) is 2.30. The number of thioether (sulfide) groups is 1. The van der Waals surface area contributed by atoms with Crippen molar-refractivity contribution in [2.24, 2.45) is 0 Å². The molecule has 3 nitrogen and oxygen atoms in total. The second-order valence-corrected chi connectivity index (χ2v) is 3.98. The molecule has 0 saturated heterocycles. The van der Waals surface area contributed by atoms with E-state index in [1.807, 2.05) is 0 Å². The molecule has 0 spiro atoms. The molecule has 0 aliphatic heterocycles. The molecule has 0 heterocycles. The molecular formula is C8H10O3S. The number of hydrogen-bond donors (Lipinski definition) is 0. The fraction of sp³-hybridized carbons (Fsp3) is 0.625. The molecule has 1 unspecified atom stereocenters. The van der Waals surface area contributed by atoms with Crippen LogP contribution in [-0.2, 0) is 14.4 Å². The van der Waals surface area contributed by atoms with Crippen molar-refractivity contribution in [3.05, 3.63) is 0 Å². The van der Waals surface area contributed by atoms with Crippen molar-refractivity contribution in [1.29, 1.82) is 0 Å². The van der Waals surface area contributed by atoms with E-state index in [-0.39, 0.29) is 34.8 Å². The predicted octanol–water partition coefficient (Wildman–Crippen LogP) is 0.957. The molecule has 0 amide bonds. The van der Waals surface area contributed by atoms with Crippen molar-refractivity contribution in [3.63, 3.8) is 0 Å². The van der Waals surface area contributed by atoms with E-state index in [0.29, 0.717) is 6.42 Å². The standard InChI is InChI=1S/C8H10O3S/c1-2-8(11)12-7-4-5(9)3-6(7)10/h7H,2-4H2,1H3. The minimum absolute atomic E-state index is 0.0111. The van der Waals surface area contributed by atoms with Crippen LogP contribution < -0.4 is 0 Å². The Morgan fingerprint density at radius 3 is 2.67 bits per heavy atom. The van der Waals surface area contributed by atoms with Gasteiger partial charge in [0.05, 0.1) is 11.7 Å². The highest BCUT2D eigenvalue weighted by Crippen LogP contribution is 2.25. The molecule has 0 bridgehead atoms. The largest absolute Gasteiger partial charge is 0.299 e. The first-order valence-corrected chi connectivity index (χ1v) is 4.75. The number of carbonyl (C=O) groups is 3. The zero-order valence-corrected chi connectivity index (χ0v) is 7.65. The number of rotatable bonds is 2. The first kappa shape index (κ1) is 9.45. The maximum Gasteiger partial charge on any atom is 0.189 e. The van der Waals surface area contributed by atoms with Gasteiger partial charge in [0.25, 0.3) is 0 Å². The van der Waals surface area contributed by atoms with Crippen LogP contribution in [0.1, 0.15) is 26.2 Å². The maximum absolute atomic E-state index is 11.0. The number of carbonyl (C=O) groups excluding carboxylic acids is 3. The summed E-state index contributed by atoms with van der Waals surface area (Å²) in [5.41, 5.74) is 0. The van der Waals surface area contributed by atoms with Crippen LogP contribution in [0.15, 0.2) is 0 Å². The van der Waals surface area contributed by atoms with Gasteiger partial charge < -0.3 is 0 Å². The summed E-state index contributed by atoms with van der Waals surface area (Å²) in [6.45, 7) is 1.75. The van der Waals surface area contributed by atoms with Gasteiger partial charge in [-0.3, -0.25) is 14.4 Å². The summed E-state index contributed by atoms with van der Waals surface area (Å²) < 4.78 is 0. The Morgan fingerprint density at radius 1 is 1.58 bits per heavy atom. The van der Waals surface area contributed by atoms with Crippen molar-refractivity contribution in [2.45, 2.75) is 31.4 Å². The highest BCUT2D eigenvalue weighted by molar-refractivity contribution is 8.14. The molecule has 4 heteroatoms. The van der Waals surface area contributed by atoms with E-state index in [2.05, 4.69) is 0 Å². The van der Waals surface area contributed by atoms with Crippen LogP contribution in [0.4, 0.5) is 0 Å². The molecule has 0 aromatic rings. The molecule has 1 atom stereocenters. The van der Waals surface area contributed by atoms with Crippen LogP contribution in [0.2, 0.25) is 0 Å². The van der Waals surface area contributed by atoms with Gasteiger partial charge in [0.15, 0.2) is 10.9 Å². The summed E-state index contributed by atoms with van der Waals surface area (Å²) in [6, 6.07) is 0. The van der Waals surface area contributed by atoms with E-state index >= 15 is 0 Å². The van der Waals surface area contributed by atoms with Crippen molar-refractivity contribution in [3.8, 4) is 0 Å². The summed E-state index contributed by atoms with van der Waals surface area (Å²) in [5, 5.41) is -0.395. The fourth-order valence-corrected chi connectivity index (χ4v) is 2.02. The normalized spacial score (nSPS) is 23.2. The molecule has 1 rings (SSSR count). The predicted molar refractivity (Wildman–Crippen MR) is 45.9 cm³/mol. The summed E-state index contributed by atoms with van der Waals surface area (Å²) in [4.78, 5) is 32.7. The van der Waals surface area contributed by atoms with E-state index in [1.54, 1.807) is 6.92 Å². The third-order valence-electron chi connectivity index (χ3n) is 1.71. The molecule has 1 saturated carbocycles. The topological polar surface area (TPSA) is 51.2 Å². The third kappa shape index (κ3) is 2.17. The first-order chi connectivity index (χ1) is 5.63. The summed E-state index contributed by atoms with van der Waals surface area (Å²) in [5.74, 6) is -0.131. The third-order valence-corrected chi connectivity index (χ3v) is 2.97. The highest BCUT2D eigenvalue weighted by Gasteiger charge is 2.32. The van der Waals surface area contributed by atoms with Crippen LogP contribution >= 0.6 is 11.8 Å². The van der Waals surface area contributed by atoms with E-state index < -0.39 is 0 Å². The van der Waals surface area contributed by atoms with Gasteiger partial charge in [-0.25, -0.2) is 0 Å². The average molecular weight is 186 g/mol. The molecule has 1 aliphatic carbocycles. The molecule has 0 aromatic carbocycles. The van der Waals surface area contributed by atoms with Crippen molar-refractivity contribution >= 4 is 28.4 Å². The van der Waals surface area contributed by atoms with Gasteiger partial charge >= 0.3 is 0 Å². The zero-order chi connectivity index (χ0) is 9.14. The summed E-state index contributed by atoms with van der Waals surface area (Å²) in [6.07, 6.45) is 0.687. The van der Waals surface area contributed by atoms with Crippen molar-refractivity contribution in [2.75, 3.05) is 0 Å². The Labute approximate surface area is 74.9 Å². The number of Topliss-reactive ketones (excluding diaryl/α,β-unsaturated/α-hetero) is 2. The molecule has 0 radical (unpaired) electrons. The highest BCUT2D eigenvalue weighted by atomic mass is 32.2. The molecule has 1 aliphatic rings. The maximum atomic E-state index is 11.0. The lowest BCUT2D eigenvalue weighted by Gasteiger charge is -2.02. The van der Waals surface area contributed by atoms with Crippen LogP contribution in [0.5, 0.6) is 0 Å². The van der Waals surface area contributed by atoms with Gasteiger partial charge in [-0.15, -0.1) is 0 Å². The van der Waals surface area contributed by atoms with Gasteiger partial charge in [-0.05, 0) is 0 Å². The number of ketones is 2. The van der Waals surface area contributed by atoms with Gasteiger partial charge in [0.1, 0.15) is 5.78 Å². The first-order valence-electron chi connectivity index (χ1n) is 3.87. The lowest BCUT2D eigenvalue weighted by molar-refractivity contribution is -0.121. The number of hydrogen-bond acceptors (Lipinski definition) is 4. The van der Waals surface area contributed by atoms with Crippen LogP contribution in [0, 0.1) is 0 Å². The SMILES string of the molecule is CCC(=O)SC1CC(=O)CC1=O. The molecule has 12 heavy (non-hydrogen) atoms. The molecule has 0 aromatic heterocycles. The lowest BCUT2D eigenvalue weighted by atomic mass is 10.3. The molecular weight excluding hydrogens is 176 g/mol. The summed E-state index contributed by atoms with van der Waals surface area (Å²) >= 11 is 1.01. The Kier molecular flexibility index (Phi) is 3.03. The van der Waals surface area contributed by atoms with Crippen LogP contribution in [0.3, 0.4) is 0 Å². The van der Waals surface area contributed by atoms with Gasteiger partial charge in [-0.1, -0.05) is 18.7 Å². The molecule has 0 N–H and O–H groups in total. The minimum atomic E-state index is -0.384. The van der Waals surface area contributed by atoms with E-state index in [9.17, 15) is 14.4 Å². The second-order valence-electron chi connectivity index (χ2n) is 2.72. The van der Waals surface area contributed by atoms with Crippen LogP contribution in [0.25, 0.3) is 0 Å². The van der Waals surface area contributed by atoms with E-state index in [4.69, 9.17) is 0 Å². The van der Waals surface area contributed by atoms with Gasteiger partial charge in [-0.2, -0.15) is 0 Å².